The quantitative estimate of drug-likeness (QED) is 0.233. The summed E-state index contributed by atoms with van der Waals surface area (Å²) >= 11 is 0. The number of hydrogen-bond donors (Lipinski definition) is 1. The maximum atomic E-state index is 6.68. The molecule has 0 aliphatic carbocycles. The first-order valence-corrected chi connectivity index (χ1v) is 10.4. The Morgan fingerprint density at radius 2 is 0.882 bits per heavy atom. The lowest BCUT2D eigenvalue weighted by atomic mass is 9.59. The van der Waals surface area contributed by atoms with Crippen LogP contribution in [-0.2, 0) is 0 Å². The molecule has 0 aromatic heterocycles. The van der Waals surface area contributed by atoms with Crippen LogP contribution in [0.25, 0.3) is 32.3 Å². The zero-order chi connectivity index (χ0) is 24.5. The Morgan fingerprint density at radius 3 is 1.47 bits per heavy atom. The molecular weight excluding hydrogens is 400 g/mol. The van der Waals surface area contributed by atoms with E-state index >= 15 is 0 Å². The van der Waals surface area contributed by atoms with Crippen molar-refractivity contribution in [2.45, 2.75) is 0 Å². The molecule has 0 saturated heterocycles. The van der Waals surface area contributed by atoms with Gasteiger partial charge in [-0.3, -0.25) is 0 Å². The summed E-state index contributed by atoms with van der Waals surface area (Å²) in [6.45, 7) is 0. The Balaban J connectivity index is 1.96. The largest absolute Gasteiger partial charge is 0.355 e. The molecular formula is C24H8B9N. The van der Waals surface area contributed by atoms with E-state index in [1.807, 2.05) is 42.5 Å². The van der Waals surface area contributed by atoms with Gasteiger partial charge in [-0.25, -0.2) is 0 Å². The van der Waals surface area contributed by atoms with Gasteiger partial charge in [-0.2, -0.15) is 0 Å². The molecule has 0 fully saturated rings. The van der Waals surface area contributed by atoms with E-state index in [0.717, 1.165) is 16.5 Å². The van der Waals surface area contributed by atoms with Crippen molar-refractivity contribution in [3.8, 4) is 0 Å². The topological polar surface area (TPSA) is 12.0 Å². The standard InChI is InChI=1S/C24H8B9N/c25-15-11-12-14(18(28)23(33)21(31)16(12)26)24(19(29)13(11)17(27)22(32)20(15)30)34-10-6-5-8-3-1-2-4-9(8)7-10/h1-7,34H. The van der Waals surface area contributed by atoms with Gasteiger partial charge in [0.2, 0.25) is 0 Å². The Kier molecular flexibility index (Phi) is 5.55. The number of benzene rings is 5. The van der Waals surface area contributed by atoms with E-state index in [0.29, 0.717) is 27.2 Å². The predicted molar refractivity (Wildman–Crippen MR) is 157 cm³/mol. The molecule has 0 unspecified atom stereocenters. The van der Waals surface area contributed by atoms with Crippen molar-refractivity contribution in [3.05, 3.63) is 42.5 Å². The maximum Gasteiger partial charge on any atom is 0.117 e. The maximum absolute atomic E-state index is 6.68. The summed E-state index contributed by atoms with van der Waals surface area (Å²) in [4.78, 5) is 0. The number of nitrogens with one attached hydrogen (secondary N) is 1. The zero-order valence-corrected chi connectivity index (χ0v) is 18.2. The minimum atomic E-state index is 0.120. The highest BCUT2D eigenvalue weighted by atomic mass is 14.9. The van der Waals surface area contributed by atoms with Crippen LogP contribution in [0.1, 0.15) is 0 Å². The van der Waals surface area contributed by atoms with Crippen molar-refractivity contribution < 1.29 is 0 Å². The molecule has 5 rings (SSSR count). The van der Waals surface area contributed by atoms with Crippen molar-refractivity contribution >= 4 is 163 Å². The minimum absolute atomic E-state index is 0.120. The third kappa shape index (κ3) is 3.22. The van der Waals surface area contributed by atoms with Gasteiger partial charge in [0.1, 0.15) is 70.6 Å². The molecule has 1 nitrogen and oxygen atoms in total. The molecule has 34 heavy (non-hydrogen) atoms. The van der Waals surface area contributed by atoms with E-state index in [1.165, 1.54) is 0 Å². The molecule has 0 heterocycles. The molecule has 0 spiro atoms. The van der Waals surface area contributed by atoms with E-state index < -0.39 is 0 Å². The third-order valence-corrected chi connectivity index (χ3v) is 6.38. The third-order valence-electron chi connectivity index (χ3n) is 6.38. The Bertz CT molecular complexity index is 1680. The molecule has 5 aromatic rings. The SMILES string of the molecule is [B]c1c([B])c([B])c2c(c1[B])c([B])c(Nc1ccc3ccccc3c1)c1c([B])c([B])c([B])c([B])c12. The van der Waals surface area contributed by atoms with Crippen LogP contribution in [0.4, 0.5) is 11.4 Å². The Labute approximate surface area is 210 Å². The average molecular weight is 408 g/mol. The highest BCUT2D eigenvalue weighted by molar-refractivity contribution is 6.73. The number of rotatable bonds is 2. The van der Waals surface area contributed by atoms with Crippen molar-refractivity contribution in [1.29, 1.82) is 0 Å². The van der Waals surface area contributed by atoms with E-state index in [4.69, 9.17) is 70.6 Å². The number of fused-ring (bicyclic) bond motifs is 4. The van der Waals surface area contributed by atoms with E-state index in [2.05, 4.69) is 5.32 Å². The molecule has 0 atom stereocenters. The molecule has 18 radical (unpaired) electrons. The van der Waals surface area contributed by atoms with Gasteiger partial charge in [0, 0.05) is 11.4 Å². The lowest BCUT2D eigenvalue weighted by Gasteiger charge is -2.28. The summed E-state index contributed by atoms with van der Waals surface area (Å²) < 4.78 is 0. The molecule has 0 aliphatic rings. The van der Waals surface area contributed by atoms with Gasteiger partial charge in [-0.15, -0.1) is 21.9 Å². The summed E-state index contributed by atoms with van der Waals surface area (Å²) in [5.41, 5.74) is 2.72. The minimum Gasteiger partial charge on any atom is -0.355 e. The normalized spacial score (nSPS) is 11.4. The fraction of sp³-hybridized carbons (Fsp3) is 0. The van der Waals surface area contributed by atoms with Crippen LogP contribution in [0.3, 0.4) is 0 Å². The second-order valence-corrected chi connectivity index (χ2v) is 8.29. The number of anilines is 2. The lowest BCUT2D eigenvalue weighted by molar-refractivity contribution is 1.64. The fourth-order valence-corrected chi connectivity index (χ4v) is 4.52. The second kappa shape index (κ2) is 8.19. The predicted octanol–water partition coefficient (Wildman–Crippen LogP) is -3.97. The molecule has 136 valence electrons. The van der Waals surface area contributed by atoms with Crippen molar-refractivity contribution in [2.75, 3.05) is 5.32 Å². The monoisotopic (exact) mass is 409 g/mol. The molecule has 10 heteroatoms. The van der Waals surface area contributed by atoms with Crippen LogP contribution < -0.4 is 54.5 Å². The van der Waals surface area contributed by atoms with E-state index in [-0.39, 0.29) is 49.2 Å². The zero-order valence-electron chi connectivity index (χ0n) is 18.2. The second-order valence-electron chi connectivity index (χ2n) is 8.29. The van der Waals surface area contributed by atoms with Crippen molar-refractivity contribution in [2.24, 2.45) is 0 Å². The van der Waals surface area contributed by atoms with Gasteiger partial charge in [-0.05, 0) is 44.5 Å². The van der Waals surface area contributed by atoms with Gasteiger partial charge in [0.05, 0.1) is 0 Å². The highest BCUT2D eigenvalue weighted by Gasteiger charge is 2.21. The fourth-order valence-electron chi connectivity index (χ4n) is 4.52. The Morgan fingerprint density at radius 1 is 0.412 bits per heavy atom. The number of hydrogen-bond acceptors (Lipinski definition) is 1. The smallest absolute Gasteiger partial charge is 0.117 e. The van der Waals surface area contributed by atoms with Gasteiger partial charge < -0.3 is 5.32 Å². The van der Waals surface area contributed by atoms with E-state index in [1.54, 1.807) is 0 Å². The summed E-state index contributed by atoms with van der Waals surface area (Å²) in [6.07, 6.45) is 0. The first-order valence-electron chi connectivity index (χ1n) is 10.4. The van der Waals surface area contributed by atoms with Crippen LogP contribution in [0.2, 0.25) is 0 Å². The summed E-state index contributed by atoms with van der Waals surface area (Å²) in [5, 5.41) is 7.20. The van der Waals surface area contributed by atoms with Gasteiger partial charge >= 0.3 is 0 Å². The molecule has 0 amide bonds. The average Bonchev–Trinajstić information content (AvgIpc) is 2.84. The molecule has 0 bridgehead atoms. The summed E-state index contributed by atoms with van der Waals surface area (Å²) in [6, 6.07) is 13.9. The van der Waals surface area contributed by atoms with Crippen LogP contribution in [-0.4, -0.2) is 70.6 Å². The molecule has 1 N–H and O–H groups in total. The molecule has 0 aliphatic heterocycles. The first-order chi connectivity index (χ1) is 16.1. The molecule has 5 aromatic carbocycles. The highest BCUT2D eigenvalue weighted by Crippen LogP contribution is 2.28. The summed E-state index contributed by atoms with van der Waals surface area (Å²) in [7, 11) is 57.0. The van der Waals surface area contributed by atoms with Crippen molar-refractivity contribution in [1.82, 2.24) is 0 Å². The first kappa shape index (κ1) is 23.0. The van der Waals surface area contributed by atoms with Gasteiger partial charge in [0.25, 0.3) is 0 Å². The lowest BCUT2D eigenvalue weighted by Crippen LogP contribution is -2.51. The van der Waals surface area contributed by atoms with Crippen LogP contribution >= 0.6 is 0 Å². The Hall–Kier alpha value is -2.74. The summed E-state index contributed by atoms with van der Waals surface area (Å²) in [5.74, 6) is 0. The van der Waals surface area contributed by atoms with Crippen LogP contribution in [0.5, 0.6) is 0 Å². The van der Waals surface area contributed by atoms with Gasteiger partial charge in [0.15, 0.2) is 0 Å². The van der Waals surface area contributed by atoms with Crippen LogP contribution in [0.15, 0.2) is 42.5 Å². The van der Waals surface area contributed by atoms with Crippen LogP contribution in [0, 0.1) is 0 Å². The van der Waals surface area contributed by atoms with E-state index in [9.17, 15) is 0 Å². The molecule has 0 saturated carbocycles. The van der Waals surface area contributed by atoms with Crippen molar-refractivity contribution in [3.63, 3.8) is 0 Å². The van der Waals surface area contributed by atoms with Gasteiger partial charge in [-0.1, -0.05) is 57.6 Å².